The molecule has 1 N–H and O–H groups in total. The van der Waals surface area contributed by atoms with Gasteiger partial charge in [0.05, 0.1) is 9.80 Å². The van der Waals surface area contributed by atoms with Crippen LogP contribution in [0, 0.1) is 12.7 Å². The van der Waals surface area contributed by atoms with Crippen LogP contribution in [0.3, 0.4) is 0 Å². The number of benzene rings is 2. The molecule has 1 fully saturated rings. The van der Waals surface area contributed by atoms with Crippen molar-refractivity contribution >= 4 is 50.3 Å². The second-order valence-electron chi connectivity index (χ2n) is 5.48. The minimum Gasteiger partial charge on any atom is -0.267 e. The minimum atomic E-state index is -3.95. The lowest BCUT2D eigenvalue weighted by molar-refractivity contribution is -0.123. The zero-order valence-electron chi connectivity index (χ0n) is 13.5. The van der Waals surface area contributed by atoms with E-state index in [0.29, 0.717) is 5.56 Å². The highest BCUT2D eigenvalue weighted by Gasteiger charge is 2.35. The molecule has 1 aliphatic heterocycles. The van der Waals surface area contributed by atoms with Crippen molar-refractivity contribution in [3.8, 4) is 0 Å². The molecule has 9 heteroatoms. The number of carbonyl (C=O) groups excluding carboxylic acids is 1. The monoisotopic (exact) mass is 408 g/mol. The predicted octanol–water partition coefficient (Wildman–Crippen LogP) is 3.23. The minimum absolute atomic E-state index is 0.0275. The van der Waals surface area contributed by atoms with Gasteiger partial charge in [-0.2, -0.15) is 0 Å². The zero-order valence-corrected chi connectivity index (χ0v) is 15.9. The van der Waals surface area contributed by atoms with E-state index in [4.69, 9.17) is 12.2 Å². The van der Waals surface area contributed by atoms with Crippen molar-refractivity contribution in [2.75, 3.05) is 0 Å². The number of aryl methyl sites for hydroxylation is 1. The van der Waals surface area contributed by atoms with E-state index >= 15 is 0 Å². The van der Waals surface area contributed by atoms with E-state index in [1.54, 1.807) is 12.1 Å². The molecule has 0 aliphatic carbocycles. The van der Waals surface area contributed by atoms with Gasteiger partial charge < -0.3 is 0 Å². The Kier molecular flexibility index (Phi) is 5.24. The van der Waals surface area contributed by atoms with E-state index in [9.17, 15) is 17.6 Å². The molecule has 1 saturated heterocycles. The molecule has 0 saturated carbocycles. The SMILES string of the molecule is Cc1ccc(S(=O)(=O)NN2C(=O)/C(=C\c3ccc(F)cc3)SC2=S)cc1. The van der Waals surface area contributed by atoms with Crippen molar-refractivity contribution in [3.63, 3.8) is 0 Å². The first-order valence-electron chi connectivity index (χ1n) is 7.39. The Morgan fingerprint density at radius 3 is 2.35 bits per heavy atom. The average molecular weight is 409 g/mol. The Labute approximate surface area is 159 Å². The average Bonchev–Trinajstić information content (AvgIpc) is 2.84. The lowest BCUT2D eigenvalue weighted by atomic mass is 10.2. The maximum atomic E-state index is 13.0. The molecule has 5 nitrogen and oxygen atoms in total. The first-order chi connectivity index (χ1) is 12.3. The van der Waals surface area contributed by atoms with Gasteiger partial charge in [-0.1, -0.05) is 53.8 Å². The molecular weight excluding hydrogens is 395 g/mol. The van der Waals surface area contributed by atoms with Crippen LogP contribution < -0.4 is 4.83 Å². The number of nitrogens with zero attached hydrogens (tertiary/aromatic N) is 1. The van der Waals surface area contributed by atoms with Gasteiger partial charge in [-0.15, -0.1) is 4.83 Å². The Balaban J connectivity index is 1.83. The van der Waals surface area contributed by atoms with Crippen LogP contribution in [0.4, 0.5) is 4.39 Å². The molecule has 3 rings (SSSR count). The number of hydrogen-bond acceptors (Lipinski definition) is 5. The Bertz CT molecular complexity index is 1000. The van der Waals surface area contributed by atoms with Crippen LogP contribution in [0.2, 0.25) is 0 Å². The van der Waals surface area contributed by atoms with E-state index in [2.05, 4.69) is 4.83 Å². The van der Waals surface area contributed by atoms with Crippen LogP contribution >= 0.6 is 24.0 Å². The summed E-state index contributed by atoms with van der Waals surface area (Å²) in [6, 6.07) is 11.8. The number of amides is 1. The highest BCUT2D eigenvalue weighted by atomic mass is 32.2. The molecule has 1 aliphatic rings. The molecule has 1 heterocycles. The standard InChI is InChI=1S/C17H13FN2O3S3/c1-11-2-8-14(9-3-11)26(22,23)19-20-16(21)15(25-17(20)24)10-12-4-6-13(18)7-5-12/h2-10,19H,1H3/b15-10+. The highest BCUT2D eigenvalue weighted by Crippen LogP contribution is 2.32. The molecular formula is C17H13FN2O3S3. The van der Waals surface area contributed by atoms with Crippen LogP contribution in [-0.2, 0) is 14.8 Å². The summed E-state index contributed by atoms with van der Waals surface area (Å²) in [7, 11) is -3.95. The quantitative estimate of drug-likeness (QED) is 0.622. The summed E-state index contributed by atoms with van der Waals surface area (Å²) >= 11 is 6.08. The van der Waals surface area contributed by atoms with E-state index in [0.717, 1.165) is 22.3 Å². The van der Waals surface area contributed by atoms with Gasteiger partial charge in [0.25, 0.3) is 15.9 Å². The summed E-state index contributed by atoms with van der Waals surface area (Å²) in [6.45, 7) is 1.84. The smallest absolute Gasteiger partial charge is 0.267 e. The molecule has 0 spiro atoms. The molecule has 2 aromatic rings. The number of thiocarbonyl (C=S) groups is 1. The third-order valence-electron chi connectivity index (χ3n) is 3.50. The molecule has 0 radical (unpaired) electrons. The van der Waals surface area contributed by atoms with E-state index in [1.165, 1.54) is 42.5 Å². The van der Waals surface area contributed by atoms with Crippen LogP contribution in [0.25, 0.3) is 6.08 Å². The van der Waals surface area contributed by atoms with Gasteiger partial charge in [-0.3, -0.25) is 4.79 Å². The molecule has 26 heavy (non-hydrogen) atoms. The molecule has 0 bridgehead atoms. The van der Waals surface area contributed by atoms with Gasteiger partial charge in [0.1, 0.15) is 5.82 Å². The number of hydrogen-bond donors (Lipinski definition) is 1. The number of nitrogens with one attached hydrogen (secondary N) is 1. The Morgan fingerprint density at radius 2 is 1.73 bits per heavy atom. The lowest BCUT2D eigenvalue weighted by Gasteiger charge is -2.16. The summed E-state index contributed by atoms with van der Waals surface area (Å²) in [5.74, 6) is -0.972. The fourth-order valence-corrected chi connectivity index (χ4v) is 4.46. The third kappa shape index (κ3) is 4.01. The van der Waals surface area contributed by atoms with Crippen LogP contribution in [0.15, 0.2) is 58.3 Å². The van der Waals surface area contributed by atoms with Crippen molar-refractivity contribution < 1.29 is 17.6 Å². The predicted molar refractivity (Wildman–Crippen MR) is 103 cm³/mol. The largest absolute Gasteiger partial charge is 0.281 e. The summed E-state index contributed by atoms with van der Waals surface area (Å²) in [6.07, 6.45) is 1.53. The molecule has 134 valence electrons. The van der Waals surface area contributed by atoms with Crippen molar-refractivity contribution in [1.29, 1.82) is 0 Å². The number of carbonyl (C=O) groups is 1. The number of halogens is 1. The maximum absolute atomic E-state index is 13.0. The Hall–Kier alpha value is -2.07. The summed E-state index contributed by atoms with van der Waals surface area (Å²) in [4.78, 5) is 15.0. The first-order valence-corrected chi connectivity index (χ1v) is 10.1. The number of sulfonamides is 1. The van der Waals surface area contributed by atoms with Gasteiger partial charge in [-0.25, -0.2) is 17.8 Å². The van der Waals surface area contributed by atoms with E-state index < -0.39 is 15.9 Å². The Morgan fingerprint density at radius 1 is 1.12 bits per heavy atom. The normalized spacial score (nSPS) is 16.5. The molecule has 2 aromatic carbocycles. The lowest BCUT2D eigenvalue weighted by Crippen LogP contribution is -2.44. The van der Waals surface area contributed by atoms with Gasteiger partial charge in [-0.05, 0) is 42.8 Å². The van der Waals surface area contributed by atoms with Gasteiger partial charge in [0.15, 0.2) is 4.32 Å². The summed E-state index contributed by atoms with van der Waals surface area (Å²) < 4.78 is 38.0. The van der Waals surface area contributed by atoms with Crippen molar-refractivity contribution in [3.05, 3.63) is 70.4 Å². The molecule has 0 aromatic heterocycles. The van der Waals surface area contributed by atoms with Crippen molar-refractivity contribution in [2.24, 2.45) is 0 Å². The van der Waals surface area contributed by atoms with E-state index in [1.807, 2.05) is 6.92 Å². The molecule has 1 amide bonds. The number of hydrazine groups is 1. The second-order valence-corrected chi connectivity index (χ2v) is 8.81. The van der Waals surface area contributed by atoms with Crippen LogP contribution in [-0.4, -0.2) is 23.7 Å². The van der Waals surface area contributed by atoms with Crippen molar-refractivity contribution in [1.82, 2.24) is 9.84 Å². The van der Waals surface area contributed by atoms with Gasteiger partial charge >= 0.3 is 0 Å². The van der Waals surface area contributed by atoms with Crippen LogP contribution in [0.1, 0.15) is 11.1 Å². The zero-order chi connectivity index (χ0) is 18.9. The fraction of sp³-hybridized carbons (Fsp3) is 0.0588. The highest BCUT2D eigenvalue weighted by molar-refractivity contribution is 8.26. The first kappa shape index (κ1) is 18.7. The van der Waals surface area contributed by atoms with Crippen molar-refractivity contribution in [2.45, 2.75) is 11.8 Å². The fourth-order valence-electron chi connectivity index (χ4n) is 2.15. The van der Waals surface area contributed by atoms with Gasteiger partial charge in [0, 0.05) is 0 Å². The second kappa shape index (κ2) is 7.28. The molecule has 0 unspecified atom stereocenters. The maximum Gasteiger partial charge on any atom is 0.281 e. The summed E-state index contributed by atoms with van der Waals surface area (Å²) in [5.41, 5.74) is 1.52. The molecule has 0 atom stereocenters. The third-order valence-corrected chi connectivity index (χ3v) is 6.12. The van der Waals surface area contributed by atoms with Gasteiger partial charge in [0.2, 0.25) is 0 Å². The number of thioether (sulfide) groups is 1. The topological polar surface area (TPSA) is 66.5 Å². The summed E-state index contributed by atoms with van der Waals surface area (Å²) in [5, 5.41) is 0.824. The number of rotatable bonds is 4. The van der Waals surface area contributed by atoms with Crippen LogP contribution in [0.5, 0.6) is 0 Å². The van der Waals surface area contributed by atoms with E-state index in [-0.39, 0.29) is 19.9 Å².